The summed E-state index contributed by atoms with van der Waals surface area (Å²) in [4.78, 5) is 16.7. The molecule has 0 saturated carbocycles. The van der Waals surface area contributed by atoms with Crippen LogP contribution in [0.4, 0.5) is 5.69 Å². The Hall–Kier alpha value is -2.98. The van der Waals surface area contributed by atoms with Gasteiger partial charge in [0.25, 0.3) is 5.91 Å². The number of aliphatic hydroxyl groups is 1. The van der Waals surface area contributed by atoms with E-state index < -0.39 is 0 Å². The molecule has 120 valence electrons. The van der Waals surface area contributed by atoms with Crippen molar-refractivity contribution in [3.05, 3.63) is 83.7 Å². The first kappa shape index (κ1) is 15.9. The zero-order valence-electron chi connectivity index (χ0n) is 13.4. The molecule has 24 heavy (non-hydrogen) atoms. The largest absolute Gasteiger partial charge is 0.392 e. The number of nitrogens with one attached hydrogen (secondary N) is 1. The highest BCUT2D eigenvalue weighted by molar-refractivity contribution is 6.05. The predicted octanol–water partition coefficient (Wildman–Crippen LogP) is 3.80. The Morgan fingerprint density at radius 2 is 1.83 bits per heavy atom. The van der Waals surface area contributed by atoms with Crippen molar-refractivity contribution in [2.45, 2.75) is 13.5 Å². The molecule has 0 saturated heterocycles. The number of aromatic nitrogens is 1. The monoisotopic (exact) mass is 318 g/mol. The number of aryl methyl sites for hydroxylation is 1. The SMILES string of the molecule is Cc1ccc(CO)cc1NC(=O)c1cncc(-c2ccccc2)c1. The molecule has 0 spiro atoms. The number of rotatable bonds is 4. The molecule has 3 rings (SSSR count). The maximum Gasteiger partial charge on any atom is 0.257 e. The van der Waals surface area contributed by atoms with Gasteiger partial charge in [-0.05, 0) is 35.7 Å². The van der Waals surface area contributed by atoms with Crippen molar-refractivity contribution in [2.75, 3.05) is 5.32 Å². The first-order valence-electron chi connectivity index (χ1n) is 7.69. The number of amides is 1. The lowest BCUT2D eigenvalue weighted by atomic mass is 10.1. The topological polar surface area (TPSA) is 62.2 Å². The van der Waals surface area contributed by atoms with Crippen molar-refractivity contribution in [2.24, 2.45) is 0 Å². The van der Waals surface area contributed by atoms with Gasteiger partial charge < -0.3 is 10.4 Å². The summed E-state index contributed by atoms with van der Waals surface area (Å²) in [6.07, 6.45) is 3.29. The second-order valence-electron chi connectivity index (χ2n) is 5.59. The van der Waals surface area contributed by atoms with E-state index >= 15 is 0 Å². The number of aliphatic hydroxyl groups excluding tert-OH is 1. The van der Waals surface area contributed by atoms with Crippen molar-refractivity contribution in [1.82, 2.24) is 4.98 Å². The predicted molar refractivity (Wildman–Crippen MR) is 94.7 cm³/mol. The molecule has 0 aliphatic rings. The van der Waals surface area contributed by atoms with Crippen LogP contribution in [0.1, 0.15) is 21.5 Å². The lowest BCUT2D eigenvalue weighted by Crippen LogP contribution is -2.13. The summed E-state index contributed by atoms with van der Waals surface area (Å²) < 4.78 is 0. The van der Waals surface area contributed by atoms with E-state index in [9.17, 15) is 9.90 Å². The van der Waals surface area contributed by atoms with E-state index in [0.717, 1.165) is 22.3 Å². The maximum absolute atomic E-state index is 12.5. The molecule has 1 heterocycles. The summed E-state index contributed by atoms with van der Waals surface area (Å²) in [5.41, 5.74) is 4.78. The highest BCUT2D eigenvalue weighted by Gasteiger charge is 2.10. The first-order chi connectivity index (χ1) is 11.7. The number of benzene rings is 2. The van der Waals surface area contributed by atoms with E-state index in [2.05, 4.69) is 10.3 Å². The molecule has 0 bridgehead atoms. The van der Waals surface area contributed by atoms with E-state index in [-0.39, 0.29) is 12.5 Å². The zero-order valence-corrected chi connectivity index (χ0v) is 13.4. The fourth-order valence-corrected chi connectivity index (χ4v) is 2.45. The van der Waals surface area contributed by atoms with Crippen molar-refractivity contribution in [1.29, 1.82) is 0 Å². The number of pyridine rings is 1. The molecule has 4 heteroatoms. The van der Waals surface area contributed by atoms with Crippen LogP contribution in [0.15, 0.2) is 67.0 Å². The molecule has 2 N–H and O–H groups in total. The second-order valence-corrected chi connectivity index (χ2v) is 5.59. The molecule has 0 radical (unpaired) electrons. The summed E-state index contributed by atoms with van der Waals surface area (Å²) in [6.45, 7) is 1.85. The summed E-state index contributed by atoms with van der Waals surface area (Å²) in [5, 5.41) is 12.1. The molecule has 0 aliphatic heterocycles. The van der Waals surface area contributed by atoms with Crippen LogP contribution in [-0.4, -0.2) is 16.0 Å². The quantitative estimate of drug-likeness (QED) is 0.769. The third-order valence-electron chi connectivity index (χ3n) is 3.84. The lowest BCUT2D eigenvalue weighted by Gasteiger charge is -2.10. The Bertz CT molecular complexity index is 861. The van der Waals surface area contributed by atoms with Crippen molar-refractivity contribution < 1.29 is 9.90 Å². The summed E-state index contributed by atoms with van der Waals surface area (Å²) in [5.74, 6) is -0.224. The first-order valence-corrected chi connectivity index (χ1v) is 7.69. The molecular weight excluding hydrogens is 300 g/mol. The van der Waals surface area contributed by atoms with E-state index in [1.807, 2.05) is 55.5 Å². The lowest BCUT2D eigenvalue weighted by molar-refractivity contribution is 0.102. The van der Waals surface area contributed by atoms with Crippen LogP contribution in [0.2, 0.25) is 0 Å². The van der Waals surface area contributed by atoms with Crippen molar-refractivity contribution >= 4 is 11.6 Å². The minimum atomic E-state index is -0.224. The van der Waals surface area contributed by atoms with Gasteiger partial charge in [-0.3, -0.25) is 9.78 Å². The molecule has 0 atom stereocenters. The molecule has 1 aromatic heterocycles. The second kappa shape index (κ2) is 7.06. The Morgan fingerprint density at radius 3 is 2.58 bits per heavy atom. The molecule has 0 aliphatic carbocycles. The van der Waals surface area contributed by atoms with Crippen LogP contribution in [0.5, 0.6) is 0 Å². The average molecular weight is 318 g/mol. The summed E-state index contributed by atoms with van der Waals surface area (Å²) >= 11 is 0. The van der Waals surface area contributed by atoms with E-state index in [4.69, 9.17) is 0 Å². The average Bonchev–Trinajstić information content (AvgIpc) is 2.64. The minimum Gasteiger partial charge on any atom is -0.392 e. The van der Waals surface area contributed by atoms with E-state index in [1.54, 1.807) is 18.5 Å². The number of carbonyl (C=O) groups excluding carboxylic acids is 1. The molecule has 1 amide bonds. The maximum atomic E-state index is 12.5. The van der Waals surface area contributed by atoms with Crippen LogP contribution in [0.3, 0.4) is 0 Å². The number of hydrogen-bond acceptors (Lipinski definition) is 3. The smallest absolute Gasteiger partial charge is 0.257 e. The van der Waals surface area contributed by atoms with Crippen LogP contribution < -0.4 is 5.32 Å². The minimum absolute atomic E-state index is 0.0613. The Morgan fingerprint density at radius 1 is 1.04 bits per heavy atom. The normalized spacial score (nSPS) is 10.4. The molecular formula is C20H18N2O2. The van der Waals surface area contributed by atoms with Gasteiger partial charge in [0.2, 0.25) is 0 Å². The summed E-state index contributed by atoms with van der Waals surface area (Å²) in [6, 6.07) is 17.1. The Labute approximate surface area is 140 Å². The number of carbonyl (C=O) groups is 1. The highest BCUT2D eigenvalue weighted by Crippen LogP contribution is 2.21. The third kappa shape index (κ3) is 3.50. The van der Waals surface area contributed by atoms with Gasteiger partial charge in [0.15, 0.2) is 0 Å². The van der Waals surface area contributed by atoms with Gasteiger partial charge in [-0.15, -0.1) is 0 Å². The molecule has 0 fully saturated rings. The molecule has 3 aromatic rings. The number of hydrogen-bond donors (Lipinski definition) is 2. The molecule has 4 nitrogen and oxygen atoms in total. The number of anilines is 1. The van der Waals surface area contributed by atoms with Crippen LogP contribution >= 0.6 is 0 Å². The van der Waals surface area contributed by atoms with Crippen molar-refractivity contribution in [3.63, 3.8) is 0 Å². The van der Waals surface area contributed by atoms with Gasteiger partial charge in [0.1, 0.15) is 0 Å². The van der Waals surface area contributed by atoms with Crippen LogP contribution in [0.25, 0.3) is 11.1 Å². The Balaban J connectivity index is 1.86. The fraction of sp³-hybridized carbons (Fsp3) is 0.100. The fourth-order valence-electron chi connectivity index (χ4n) is 2.45. The van der Waals surface area contributed by atoms with E-state index in [1.165, 1.54) is 0 Å². The third-order valence-corrected chi connectivity index (χ3v) is 3.84. The van der Waals surface area contributed by atoms with Crippen molar-refractivity contribution in [3.8, 4) is 11.1 Å². The highest BCUT2D eigenvalue weighted by atomic mass is 16.3. The van der Waals surface area contributed by atoms with Gasteiger partial charge in [0, 0.05) is 23.6 Å². The van der Waals surface area contributed by atoms with Gasteiger partial charge in [-0.2, -0.15) is 0 Å². The van der Waals surface area contributed by atoms with Crippen LogP contribution in [-0.2, 0) is 6.61 Å². The Kier molecular flexibility index (Phi) is 4.68. The van der Waals surface area contributed by atoms with Gasteiger partial charge in [-0.25, -0.2) is 0 Å². The molecule has 0 unspecified atom stereocenters. The number of nitrogens with zero attached hydrogens (tertiary/aromatic N) is 1. The van der Waals surface area contributed by atoms with E-state index in [0.29, 0.717) is 11.3 Å². The van der Waals surface area contributed by atoms with Gasteiger partial charge in [0.05, 0.1) is 12.2 Å². The van der Waals surface area contributed by atoms with Gasteiger partial charge in [-0.1, -0.05) is 42.5 Å². The summed E-state index contributed by atoms with van der Waals surface area (Å²) in [7, 11) is 0. The zero-order chi connectivity index (χ0) is 16.9. The standard InChI is InChI=1S/C20H18N2O2/c1-14-7-8-15(13-23)9-19(14)22-20(24)18-10-17(11-21-12-18)16-5-3-2-4-6-16/h2-12,23H,13H2,1H3,(H,22,24). The van der Waals surface area contributed by atoms with Gasteiger partial charge >= 0.3 is 0 Å². The molecule has 2 aromatic carbocycles. The van der Waals surface area contributed by atoms with Crippen LogP contribution in [0, 0.1) is 6.92 Å².